The summed E-state index contributed by atoms with van der Waals surface area (Å²) in [7, 11) is 1.86. The highest BCUT2D eigenvalue weighted by molar-refractivity contribution is 5.75. The third-order valence-corrected chi connectivity index (χ3v) is 4.31. The van der Waals surface area contributed by atoms with E-state index in [1.165, 1.54) is 0 Å². The molecular weight excluding hydrogens is 242 g/mol. The molecule has 2 saturated heterocycles. The van der Waals surface area contributed by atoms with Crippen LogP contribution >= 0.6 is 0 Å². The van der Waals surface area contributed by atoms with Gasteiger partial charge in [-0.25, -0.2) is 4.79 Å². The SMILES string of the molecule is CC(C)N1CCOC2(CN(C(=O)N(C)C(C)C)C2)C1. The summed E-state index contributed by atoms with van der Waals surface area (Å²) in [4.78, 5) is 18.3. The number of likely N-dealkylation sites (tertiary alicyclic amines) is 1. The van der Waals surface area contributed by atoms with Gasteiger partial charge in [-0.3, -0.25) is 4.90 Å². The van der Waals surface area contributed by atoms with Gasteiger partial charge < -0.3 is 14.5 Å². The largest absolute Gasteiger partial charge is 0.369 e. The van der Waals surface area contributed by atoms with Gasteiger partial charge in [0, 0.05) is 32.2 Å². The van der Waals surface area contributed by atoms with Crippen molar-refractivity contribution in [2.75, 3.05) is 39.8 Å². The summed E-state index contributed by atoms with van der Waals surface area (Å²) in [5, 5.41) is 0. The van der Waals surface area contributed by atoms with Gasteiger partial charge in [0.15, 0.2) is 0 Å². The Morgan fingerprint density at radius 2 is 1.84 bits per heavy atom. The lowest BCUT2D eigenvalue weighted by Crippen LogP contribution is -2.72. The van der Waals surface area contributed by atoms with Crippen molar-refractivity contribution in [3.63, 3.8) is 0 Å². The van der Waals surface area contributed by atoms with Gasteiger partial charge in [0.2, 0.25) is 0 Å². The second kappa shape index (κ2) is 5.29. The van der Waals surface area contributed by atoms with Crippen molar-refractivity contribution in [2.45, 2.75) is 45.4 Å². The Bertz CT molecular complexity index is 338. The minimum absolute atomic E-state index is 0.115. The Hall–Kier alpha value is -0.810. The van der Waals surface area contributed by atoms with Gasteiger partial charge in [0.1, 0.15) is 5.60 Å². The van der Waals surface area contributed by atoms with Gasteiger partial charge in [-0.2, -0.15) is 0 Å². The van der Waals surface area contributed by atoms with Crippen molar-refractivity contribution in [1.82, 2.24) is 14.7 Å². The molecule has 110 valence electrons. The average molecular weight is 269 g/mol. The van der Waals surface area contributed by atoms with Gasteiger partial charge in [-0.1, -0.05) is 0 Å². The van der Waals surface area contributed by atoms with Crippen molar-refractivity contribution < 1.29 is 9.53 Å². The van der Waals surface area contributed by atoms with Crippen molar-refractivity contribution in [3.05, 3.63) is 0 Å². The summed E-state index contributed by atoms with van der Waals surface area (Å²) >= 11 is 0. The summed E-state index contributed by atoms with van der Waals surface area (Å²) in [6.07, 6.45) is 0. The molecule has 0 radical (unpaired) electrons. The number of rotatable bonds is 2. The minimum atomic E-state index is -0.115. The highest BCUT2D eigenvalue weighted by Crippen LogP contribution is 2.30. The Labute approximate surface area is 116 Å². The highest BCUT2D eigenvalue weighted by Gasteiger charge is 2.49. The number of urea groups is 1. The number of carbonyl (C=O) groups is 1. The van der Waals surface area contributed by atoms with Crippen molar-refractivity contribution >= 4 is 6.03 Å². The van der Waals surface area contributed by atoms with Crippen molar-refractivity contribution in [1.29, 1.82) is 0 Å². The Kier molecular flexibility index (Phi) is 4.06. The molecule has 0 atom stereocenters. The smallest absolute Gasteiger partial charge is 0.320 e. The zero-order valence-electron chi connectivity index (χ0n) is 12.8. The lowest BCUT2D eigenvalue weighted by Gasteiger charge is -2.55. The molecule has 2 rings (SSSR count). The van der Waals surface area contributed by atoms with Crippen LogP contribution in [0.1, 0.15) is 27.7 Å². The average Bonchev–Trinajstić information content (AvgIpc) is 2.34. The second-order valence-electron chi connectivity index (χ2n) is 6.44. The number of hydrogen-bond donors (Lipinski definition) is 0. The molecule has 2 aliphatic rings. The maximum absolute atomic E-state index is 12.2. The molecule has 0 aliphatic carbocycles. The lowest BCUT2D eigenvalue weighted by molar-refractivity contribution is -0.176. The van der Waals surface area contributed by atoms with E-state index in [9.17, 15) is 4.79 Å². The number of ether oxygens (including phenoxy) is 1. The number of nitrogens with zero attached hydrogens (tertiary/aromatic N) is 3. The molecule has 0 aromatic heterocycles. The first-order valence-corrected chi connectivity index (χ1v) is 7.24. The maximum atomic E-state index is 12.2. The molecule has 0 saturated carbocycles. The molecule has 1 spiro atoms. The molecule has 5 nitrogen and oxygen atoms in total. The zero-order valence-corrected chi connectivity index (χ0v) is 12.8. The standard InChI is InChI=1S/C14H27N3O2/c1-11(2)15(5)13(18)17-9-14(10-17)8-16(12(3)4)6-7-19-14/h11-12H,6-10H2,1-5H3. The molecule has 0 N–H and O–H groups in total. The van der Waals surface area contributed by atoms with Crippen LogP contribution in [0.15, 0.2) is 0 Å². The highest BCUT2D eigenvalue weighted by atomic mass is 16.5. The van der Waals surface area contributed by atoms with Gasteiger partial charge in [0.05, 0.1) is 19.7 Å². The summed E-state index contributed by atoms with van der Waals surface area (Å²) in [6.45, 7) is 12.7. The van der Waals surface area contributed by atoms with E-state index >= 15 is 0 Å². The fourth-order valence-corrected chi connectivity index (χ4v) is 2.73. The van der Waals surface area contributed by atoms with E-state index in [-0.39, 0.29) is 17.7 Å². The molecule has 2 amide bonds. The number of carbonyl (C=O) groups excluding carboxylic acids is 1. The molecular formula is C14H27N3O2. The Morgan fingerprint density at radius 3 is 2.37 bits per heavy atom. The molecule has 0 aromatic carbocycles. The summed E-state index contributed by atoms with van der Waals surface area (Å²) in [5.41, 5.74) is -0.115. The number of morpholine rings is 1. The van der Waals surface area contributed by atoms with Crippen LogP contribution < -0.4 is 0 Å². The van der Waals surface area contributed by atoms with Gasteiger partial charge in [-0.05, 0) is 27.7 Å². The number of amides is 2. The van der Waals surface area contributed by atoms with Gasteiger partial charge in [0.25, 0.3) is 0 Å². The molecule has 2 fully saturated rings. The predicted molar refractivity (Wildman–Crippen MR) is 75.3 cm³/mol. The zero-order chi connectivity index (χ0) is 14.2. The summed E-state index contributed by atoms with van der Waals surface area (Å²) in [6, 6.07) is 0.901. The Balaban J connectivity index is 1.89. The fraction of sp³-hybridized carbons (Fsp3) is 0.929. The van der Waals surface area contributed by atoms with Gasteiger partial charge in [-0.15, -0.1) is 0 Å². The predicted octanol–water partition coefficient (Wildman–Crippen LogP) is 1.24. The van der Waals surface area contributed by atoms with E-state index in [0.717, 1.165) is 32.8 Å². The normalized spacial score (nSPS) is 23.0. The van der Waals surface area contributed by atoms with Crippen LogP contribution in [0.3, 0.4) is 0 Å². The molecule has 2 heterocycles. The molecule has 19 heavy (non-hydrogen) atoms. The summed E-state index contributed by atoms with van der Waals surface area (Å²) < 4.78 is 5.95. The van der Waals surface area contributed by atoms with E-state index in [4.69, 9.17) is 4.74 Å². The van der Waals surface area contributed by atoms with Crippen LogP contribution in [0.25, 0.3) is 0 Å². The topological polar surface area (TPSA) is 36.0 Å². The number of hydrogen-bond acceptors (Lipinski definition) is 3. The molecule has 5 heteroatoms. The third-order valence-electron chi connectivity index (χ3n) is 4.31. The maximum Gasteiger partial charge on any atom is 0.320 e. The molecule has 0 bridgehead atoms. The molecule has 0 unspecified atom stereocenters. The van der Waals surface area contributed by atoms with Crippen LogP contribution in [-0.4, -0.2) is 78.2 Å². The second-order valence-corrected chi connectivity index (χ2v) is 6.44. The van der Waals surface area contributed by atoms with E-state index in [1.807, 2.05) is 25.8 Å². The van der Waals surface area contributed by atoms with Crippen LogP contribution in [0.5, 0.6) is 0 Å². The summed E-state index contributed by atoms with van der Waals surface area (Å²) in [5.74, 6) is 0. The van der Waals surface area contributed by atoms with E-state index in [0.29, 0.717) is 6.04 Å². The monoisotopic (exact) mass is 269 g/mol. The van der Waals surface area contributed by atoms with Crippen molar-refractivity contribution in [2.24, 2.45) is 0 Å². The van der Waals surface area contributed by atoms with E-state index < -0.39 is 0 Å². The lowest BCUT2D eigenvalue weighted by atomic mass is 9.91. The van der Waals surface area contributed by atoms with Crippen molar-refractivity contribution in [3.8, 4) is 0 Å². The van der Waals surface area contributed by atoms with Gasteiger partial charge >= 0.3 is 6.03 Å². The molecule has 2 aliphatic heterocycles. The first kappa shape index (κ1) is 14.6. The Morgan fingerprint density at radius 1 is 1.21 bits per heavy atom. The molecule has 0 aromatic rings. The minimum Gasteiger partial charge on any atom is -0.369 e. The van der Waals surface area contributed by atoms with Crippen LogP contribution in [0, 0.1) is 0 Å². The van der Waals surface area contributed by atoms with Crippen LogP contribution in [0.4, 0.5) is 4.79 Å². The van der Waals surface area contributed by atoms with E-state index in [1.54, 1.807) is 4.90 Å². The first-order valence-electron chi connectivity index (χ1n) is 7.24. The van der Waals surface area contributed by atoms with Crippen LogP contribution in [-0.2, 0) is 4.74 Å². The van der Waals surface area contributed by atoms with E-state index in [2.05, 4.69) is 18.7 Å². The fourth-order valence-electron chi connectivity index (χ4n) is 2.73. The van der Waals surface area contributed by atoms with Crippen LogP contribution in [0.2, 0.25) is 0 Å². The quantitative estimate of drug-likeness (QED) is 0.757. The first-order chi connectivity index (χ1) is 8.84. The third kappa shape index (κ3) is 2.87.